The van der Waals surface area contributed by atoms with E-state index in [1.165, 1.54) is 4.90 Å². The van der Waals surface area contributed by atoms with E-state index in [4.69, 9.17) is 0 Å². The molecule has 1 aliphatic heterocycles. The van der Waals surface area contributed by atoms with Gasteiger partial charge in [0.1, 0.15) is 11.6 Å². The van der Waals surface area contributed by atoms with Crippen molar-refractivity contribution in [2.75, 3.05) is 16.5 Å². The van der Waals surface area contributed by atoms with Gasteiger partial charge in [0.25, 0.3) is 0 Å². The van der Waals surface area contributed by atoms with Gasteiger partial charge in [-0.1, -0.05) is 17.7 Å². The zero-order valence-corrected chi connectivity index (χ0v) is 9.12. The average molecular weight is 225 g/mol. The normalized spacial score (nSPS) is 19.5. The lowest BCUT2D eigenvalue weighted by Crippen LogP contribution is -2.25. The number of hydrogen-bond donors (Lipinski definition) is 0. The van der Waals surface area contributed by atoms with Gasteiger partial charge in [-0.2, -0.15) is 0 Å². The number of carbonyl (C=O) groups excluding carboxylic acids is 1. The van der Waals surface area contributed by atoms with Crippen molar-refractivity contribution in [3.8, 4) is 0 Å². The number of anilines is 1. The van der Waals surface area contributed by atoms with E-state index in [1.807, 2.05) is 19.1 Å². The minimum absolute atomic E-state index is 0.200. The summed E-state index contributed by atoms with van der Waals surface area (Å²) in [5, 5.41) is 0. The van der Waals surface area contributed by atoms with Crippen molar-refractivity contribution in [1.82, 2.24) is 0 Å². The maximum Gasteiger partial charge on any atom is 0.243 e. The second kappa shape index (κ2) is 3.34. The highest BCUT2D eigenvalue weighted by molar-refractivity contribution is 7.92. The van der Waals surface area contributed by atoms with Crippen molar-refractivity contribution in [3.63, 3.8) is 0 Å². The highest BCUT2D eigenvalue weighted by Crippen LogP contribution is 2.20. The fourth-order valence-electron chi connectivity index (χ4n) is 1.52. The molecule has 1 aromatic carbocycles. The fraction of sp³-hybridized carbons (Fsp3) is 0.300. The van der Waals surface area contributed by atoms with Crippen LogP contribution in [0.25, 0.3) is 0 Å². The molecular weight excluding hydrogens is 214 g/mol. The molecule has 4 nitrogen and oxygen atoms in total. The predicted octanol–water partition coefficient (Wildman–Crippen LogP) is 0.714. The van der Waals surface area contributed by atoms with Crippen molar-refractivity contribution in [3.05, 3.63) is 29.8 Å². The molecule has 1 fully saturated rings. The van der Waals surface area contributed by atoms with Gasteiger partial charge in [-0.05, 0) is 19.1 Å². The Hall–Kier alpha value is -1.36. The van der Waals surface area contributed by atoms with Gasteiger partial charge in [-0.15, -0.1) is 0 Å². The van der Waals surface area contributed by atoms with Crippen LogP contribution in [0.4, 0.5) is 5.69 Å². The minimum Gasteiger partial charge on any atom is -0.297 e. The molecule has 0 aromatic heterocycles. The molecule has 15 heavy (non-hydrogen) atoms. The van der Waals surface area contributed by atoms with Crippen molar-refractivity contribution < 1.29 is 13.2 Å². The molecule has 0 bridgehead atoms. The Morgan fingerprint density at radius 2 is 1.80 bits per heavy atom. The Labute approximate surface area is 88.4 Å². The first-order valence-electron chi connectivity index (χ1n) is 4.55. The van der Waals surface area contributed by atoms with Crippen LogP contribution >= 0.6 is 0 Å². The van der Waals surface area contributed by atoms with Crippen molar-refractivity contribution in [2.45, 2.75) is 6.92 Å². The Balaban J connectivity index is 2.33. The summed E-state index contributed by atoms with van der Waals surface area (Å²) < 4.78 is 22.5. The summed E-state index contributed by atoms with van der Waals surface area (Å²) in [7, 11) is -3.23. The zero-order valence-electron chi connectivity index (χ0n) is 8.30. The van der Waals surface area contributed by atoms with Gasteiger partial charge in [0, 0.05) is 5.69 Å². The molecule has 1 heterocycles. The first-order chi connectivity index (χ1) is 6.98. The third-order valence-electron chi connectivity index (χ3n) is 2.32. The number of rotatable bonds is 1. The van der Waals surface area contributed by atoms with E-state index in [9.17, 15) is 13.2 Å². The average Bonchev–Trinajstić information content (AvgIpc) is 2.41. The molecule has 5 heteroatoms. The van der Waals surface area contributed by atoms with Gasteiger partial charge in [0.05, 0.1) is 0 Å². The van der Waals surface area contributed by atoms with Gasteiger partial charge in [-0.25, -0.2) is 8.42 Å². The number of carbonyl (C=O) groups is 1. The minimum atomic E-state index is -3.23. The molecule has 0 aliphatic carbocycles. The third-order valence-corrected chi connectivity index (χ3v) is 3.65. The number of hydrogen-bond acceptors (Lipinski definition) is 3. The molecule has 0 spiro atoms. The fourth-order valence-corrected chi connectivity index (χ4v) is 2.83. The summed E-state index contributed by atoms with van der Waals surface area (Å²) in [6.07, 6.45) is 0. The molecule has 1 aliphatic rings. The van der Waals surface area contributed by atoms with E-state index in [1.54, 1.807) is 12.1 Å². The second-order valence-corrected chi connectivity index (χ2v) is 5.71. The molecule has 1 amide bonds. The largest absolute Gasteiger partial charge is 0.297 e. The molecule has 0 atom stereocenters. The van der Waals surface area contributed by atoms with Gasteiger partial charge in [-0.3, -0.25) is 9.69 Å². The number of benzene rings is 1. The van der Waals surface area contributed by atoms with E-state index in [2.05, 4.69) is 0 Å². The van der Waals surface area contributed by atoms with Crippen molar-refractivity contribution >= 4 is 21.4 Å². The van der Waals surface area contributed by atoms with Crippen molar-refractivity contribution in [1.29, 1.82) is 0 Å². The first-order valence-corrected chi connectivity index (χ1v) is 6.37. The highest BCUT2D eigenvalue weighted by atomic mass is 32.2. The van der Waals surface area contributed by atoms with Crippen LogP contribution in [0.15, 0.2) is 24.3 Å². The Morgan fingerprint density at radius 1 is 1.20 bits per heavy atom. The van der Waals surface area contributed by atoms with Crippen LogP contribution in [-0.4, -0.2) is 26.0 Å². The summed E-state index contributed by atoms with van der Waals surface area (Å²) in [6, 6.07) is 7.23. The Bertz CT molecular complexity index is 490. The molecule has 1 aromatic rings. The maximum atomic E-state index is 11.4. The molecule has 1 saturated heterocycles. The van der Waals surface area contributed by atoms with E-state index in [-0.39, 0.29) is 17.5 Å². The van der Waals surface area contributed by atoms with Gasteiger partial charge >= 0.3 is 0 Å². The lowest BCUT2D eigenvalue weighted by molar-refractivity contribution is -0.115. The number of aryl methyl sites for hydroxylation is 1. The maximum absolute atomic E-state index is 11.4. The van der Waals surface area contributed by atoms with Gasteiger partial charge < -0.3 is 0 Å². The zero-order chi connectivity index (χ0) is 11.1. The number of amides is 1. The standard InChI is InChI=1S/C10H11NO3S/c1-8-2-4-9(5-3-8)11-7-15(13,14)6-10(11)12/h2-5H,6-7H2,1H3. The summed E-state index contributed by atoms with van der Waals surface area (Å²) in [5.41, 5.74) is 1.72. The summed E-state index contributed by atoms with van der Waals surface area (Å²) >= 11 is 0. The first kappa shape index (κ1) is 10.2. The molecule has 0 N–H and O–H groups in total. The van der Waals surface area contributed by atoms with Gasteiger partial charge in [0.15, 0.2) is 9.84 Å². The highest BCUT2D eigenvalue weighted by Gasteiger charge is 2.33. The Kier molecular flexibility index (Phi) is 2.26. The molecule has 2 rings (SSSR count). The Morgan fingerprint density at radius 3 is 2.27 bits per heavy atom. The topological polar surface area (TPSA) is 54.5 Å². The summed E-state index contributed by atoms with van der Waals surface area (Å²) in [4.78, 5) is 12.7. The third kappa shape index (κ3) is 2.02. The van der Waals surface area contributed by atoms with E-state index in [0.717, 1.165) is 5.56 Å². The van der Waals surface area contributed by atoms with Crippen LogP contribution < -0.4 is 4.90 Å². The van der Waals surface area contributed by atoms with Crippen LogP contribution in [0.5, 0.6) is 0 Å². The lowest BCUT2D eigenvalue weighted by Gasteiger charge is -2.13. The van der Waals surface area contributed by atoms with E-state index < -0.39 is 9.84 Å². The predicted molar refractivity (Wildman–Crippen MR) is 57.3 cm³/mol. The molecule has 0 unspecified atom stereocenters. The van der Waals surface area contributed by atoms with Gasteiger partial charge in [0.2, 0.25) is 5.91 Å². The quantitative estimate of drug-likeness (QED) is 0.707. The van der Waals surface area contributed by atoms with Crippen LogP contribution in [-0.2, 0) is 14.6 Å². The van der Waals surface area contributed by atoms with Crippen LogP contribution in [0.3, 0.4) is 0 Å². The monoisotopic (exact) mass is 225 g/mol. The van der Waals surface area contributed by atoms with E-state index in [0.29, 0.717) is 5.69 Å². The molecule has 0 radical (unpaired) electrons. The summed E-state index contributed by atoms with van der Waals surface area (Å²) in [5.74, 6) is -0.922. The van der Waals surface area contributed by atoms with Crippen molar-refractivity contribution in [2.24, 2.45) is 0 Å². The molecule has 0 saturated carbocycles. The van der Waals surface area contributed by atoms with Crippen LogP contribution in [0.1, 0.15) is 5.56 Å². The smallest absolute Gasteiger partial charge is 0.243 e. The van der Waals surface area contributed by atoms with E-state index >= 15 is 0 Å². The summed E-state index contributed by atoms with van der Waals surface area (Å²) in [6.45, 7) is 1.94. The number of sulfone groups is 1. The van der Waals surface area contributed by atoms with Crippen LogP contribution in [0, 0.1) is 6.92 Å². The lowest BCUT2D eigenvalue weighted by atomic mass is 10.2. The molecule has 80 valence electrons. The molecular formula is C10H11NO3S. The van der Waals surface area contributed by atoms with Crippen LogP contribution in [0.2, 0.25) is 0 Å². The SMILES string of the molecule is Cc1ccc(N2CS(=O)(=O)CC2=O)cc1. The number of nitrogens with zero attached hydrogens (tertiary/aromatic N) is 1. The second-order valence-electron chi connectivity index (χ2n) is 3.67.